The number of hydrogen-bond acceptors (Lipinski definition) is 6. The standard InChI is InChI=1S/C25H26FN7/c1-2-3-23-28-12-18(13-29-23)14-32-11-9-21(15-32)33-17-31-24(19-4-6-20(26)7-5-19)25(33)22-8-10-27-16-30-22/h4-8,10,12-13,16-17,21H,2-3,9,11,14-15H2,1H3. The first-order valence-electron chi connectivity index (χ1n) is 11.3. The molecule has 0 saturated carbocycles. The van der Waals surface area contributed by atoms with Crippen molar-refractivity contribution in [1.29, 1.82) is 0 Å². The summed E-state index contributed by atoms with van der Waals surface area (Å²) in [6, 6.07) is 8.60. The number of likely N-dealkylation sites (tertiary alicyclic amines) is 1. The second-order valence-electron chi connectivity index (χ2n) is 8.39. The van der Waals surface area contributed by atoms with Gasteiger partial charge in [0.2, 0.25) is 0 Å². The van der Waals surface area contributed by atoms with Crippen LogP contribution >= 0.6 is 0 Å². The average Bonchev–Trinajstić information content (AvgIpc) is 3.49. The maximum Gasteiger partial charge on any atom is 0.128 e. The number of halogens is 1. The lowest BCUT2D eigenvalue weighted by atomic mass is 10.1. The maximum atomic E-state index is 13.5. The molecule has 1 aliphatic heterocycles. The third-order valence-corrected chi connectivity index (χ3v) is 6.02. The van der Waals surface area contributed by atoms with E-state index in [9.17, 15) is 4.39 Å². The molecule has 0 aliphatic carbocycles. The number of nitrogens with zero attached hydrogens (tertiary/aromatic N) is 7. The van der Waals surface area contributed by atoms with E-state index in [-0.39, 0.29) is 11.9 Å². The smallest absolute Gasteiger partial charge is 0.128 e. The number of rotatable bonds is 7. The van der Waals surface area contributed by atoms with Crippen LogP contribution < -0.4 is 0 Å². The highest BCUT2D eigenvalue weighted by atomic mass is 19.1. The van der Waals surface area contributed by atoms with Gasteiger partial charge in [-0.05, 0) is 43.2 Å². The minimum Gasteiger partial charge on any atom is -0.324 e. The minimum absolute atomic E-state index is 0.261. The topological polar surface area (TPSA) is 72.6 Å². The summed E-state index contributed by atoms with van der Waals surface area (Å²) < 4.78 is 15.7. The van der Waals surface area contributed by atoms with E-state index in [2.05, 4.69) is 36.3 Å². The zero-order chi connectivity index (χ0) is 22.6. The van der Waals surface area contributed by atoms with Gasteiger partial charge >= 0.3 is 0 Å². The molecule has 7 nitrogen and oxygen atoms in total. The summed E-state index contributed by atoms with van der Waals surface area (Å²) >= 11 is 0. The van der Waals surface area contributed by atoms with Crippen molar-refractivity contribution in [1.82, 2.24) is 34.4 Å². The Morgan fingerprint density at radius 1 is 1.03 bits per heavy atom. The van der Waals surface area contributed by atoms with Gasteiger partial charge < -0.3 is 4.57 Å². The normalized spacial score (nSPS) is 16.4. The van der Waals surface area contributed by atoms with Crippen molar-refractivity contribution in [3.05, 3.63) is 78.8 Å². The number of aromatic nitrogens is 6. The van der Waals surface area contributed by atoms with Gasteiger partial charge in [-0.25, -0.2) is 29.3 Å². The number of imidazole rings is 1. The Labute approximate surface area is 192 Å². The van der Waals surface area contributed by atoms with Crippen molar-refractivity contribution in [3.8, 4) is 22.6 Å². The molecule has 1 atom stereocenters. The molecule has 0 N–H and O–H groups in total. The van der Waals surface area contributed by atoms with Gasteiger partial charge in [-0.2, -0.15) is 0 Å². The summed E-state index contributed by atoms with van der Waals surface area (Å²) in [6.07, 6.45) is 12.0. The fourth-order valence-corrected chi connectivity index (χ4v) is 4.40. The molecule has 4 heterocycles. The summed E-state index contributed by atoms with van der Waals surface area (Å²) in [5.41, 5.74) is 4.53. The van der Waals surface area contributed by atoms with Gasteiger partial charge in [0.15, 0.2) is 0 Å². The Bertz CT molecular complexity index is 1190. The lowest BCUT2D eigenvalue weighted by Gasteiger charge is -2.18. The fourth-order valence-electron chi connectivity index (χ4n) is 4.40. The van der Waals surface area contributed by atoms with E-state index < -0.39 is 0 Å². The SMILES string of the molecule is CCCc1ncc(CN2CCC(n3cnc(-c4ccc(F)cc4)c3-c3ccncn3)C2)cn1. The molecule has 1 saturated heterocycles. The molecule has 1 aromatic carbocycles. The zero-order valence-corrected chi connectivity index (χ0v) is 18.6. The van der Waals surface area contributed by atoms with Crippen LogP contribution in [-0.2, 0) is 13.0 Å². The molecule has 0 spiro atoms. The average molecular weight is 444 g/mol. The van der Waals surface area contributed by atoms with Crippen LogP contribution in [0.2, 0.25) is 0 Å². The Morgan fingerprint density at radius 2 is 1.85 bits per heavy atom. The summed E-state index contributed by atoms with van der Waals surface area (Å²) in [7, 11) is 0. The van der Waals surface area contributed by atoms with E-state index in [1.54, 1.807) is 24.7 Å². The highest BCUT2D eigenvalue weighted by Crippen LogP contribution is 2.35. The van der Waals surface area contributed by atoms with Gasteiger partial charge in [-0.15, -0.1) is 0 Å². The quantitative estimate of drug-likeness (QED) is 0.423. The zero-order valence-electron chi connectivity index (χ0n) is 18.6. The second-order valence-corrected chi connectivity index (χ2v) is 8.39. The molecule has 1 unspecified atom stereocenters. The largest absolute Gasteiger partial charge is 0.324 e. The number of aryl methyl sites for hydroxylation is 1. The lowest BCUT2D eigenvalue weighted by Crippen LogP contribution is -2.21. The fraction of sp³-hybridized carbons (Fsp3) is 0.320. The summed E-state index contributed by atoms with van der Waals surface area (Å²) in [5, 5.41) is 0. The van der Waals surface area contributed by atoms with Gasteiger partial charge in [-0.1, -0.05) is 6.92 Å². The summed E-state index contributed by atoms with van der Waals surface area (Å²) in [6.45, 7) is 4.84. The van der Waals surface area contributed by atoms with Crippen molar-refractivity contribution in [2.75, 3.05) is 13.1 Å². The van der Waals surface area contributed by atoms with Crippen LogP contribution in [0.3, 0.4) is 0 Å². The van der Waals surface area contributed by atoms with Crippen LogP contribution in [0.25, 0.3) is 22.6 Å². The molecule has 4 aromatic rings. The molecule has 1 fully saturated rings. The predicted octanol–water partition coefficient (Wildman–Crippen LogP) is 4.34. The molecule has 5 rings (SSSR count). The van der Waals surface area contributed by atoms with Crippen molar-refractivity contribution < 1.29 is 4.39 Å². The monoisotopic (exact) mass is 443 g/mol. The van der Waals surface area contributed by atoms with Gasteiger partial charge in [0, 0.05) is 61.8 Å². The van der Waals surface area contributed by atoms with Crippen LogP contribution in [-0.4, -0.2) is 47.5 Å². The number of hydrogen-bond donors (Lipinski definition) is 0. The lowest BCUT2D eigenvalue weighted by molar-refractivity contribution is 0.315. The van der Waals surface area contributed by atoms with E-state index in [0.717, 1.165) is 72.9 Å². The second kappa shape index (κ2) is 9.54. The molecule has 8 heteroatoms. The predicted molar refractivity (Wildman–Crippen MR) is 124 cm³/mol. The first kappa shape index (κ1) is 21.3. The van der Waals surface area contributed by atoms with E-state index in [4.69, 9.17) is 4.98 Å². The van der Waals surface area contributed by atoms with Gasteiger partial charge in [-0.3, -0.25) is 4.90 Å². The molecule has 168 valence electrons. The first-order chi connectivity index (χ1) is 16.2. The first-order valence-corrected chi connectivity index (χ1v) is 11.3. The van der Waals surface area contributed by atoms with Crippen molar-refractivity contribution >= 4 is 0 Å². The molecular formula is C25H26FN7. The van der Waals surface area contributed by atoms with Crippen LogP contribution in [0.15, 0.2) is 61.6 Å². The summed E-state index contributed by atoms with van der Waals surface area (Å²) in [4.78, 5) is 24.7. The van der Waals surface area contributed by atoms with Crippen molar-refractivity contribution in [3.63, 3.8) is 0 Å². The Balaban J connectivity index is 1.39. The third-order valence-electron chi connectivity index (χ3n) is 6.02. The van der Waals surface area contributed by atoms with Crippen molar-refractivity contribution in [2.24, 2.45) is 0 Å². The van der Waals surface area contributed by atoms with Crippen LogP contribution in [0.5, 0.6) is 0 Å². The molecule has 1 aliphatic rings. The van der Waals surface area contributed by atoms with Crippen LogP contribution in [0.1, 0.15) is 37.2 Å². The van der Waals surface area contributed by atoms with E-state index in [1.807, 2.05) is 24.8 Å². The molecule has 0 radical (unpaired) electrons. The molecule has 33 heavy (non-hydrogen) atoms. The highest BCUT2D eigenvalue weighted by molar-refractivity contribution is 5.76. The van der Waals surface area contributed by atoms with E-state index in [0.29, 0.717) is 0 Å². The van der Waals surface area contributed by atoms with Crippen molar-refractivity contribution in [2.45, 2.75) is 38.8 Å². The third kappa shape index (κ3) is 4.66. The van der Waals surface area contributed by atoms with Crippen LogP contribution in [0, 0.1) is 5.82 Å². The van der Waals surface area contributed by atoms with E-state index >= 15 is 0 Å². The Morgan fingerprint density at radius 3 is 2.58 bits per heavy atom. The Hall–Kier alpha value is -3.52. The number of benzene rings is 1. The van der Waals surface area contributed by atoms with E-state index in [1.165, 1.54) is 12.1 Å². The molecule has 0 amide bonds. The summed E-state index contributed by atoms with van der Waals surface area (Å²) in [5.74, 6) is 0.640. The van der Waals surface area contributed by atoms with Crippen LogP contribution in [0.4, 0.5) is 4.39 Å². The molecule has 3 aromatic heterocycles. The van der Waals surface area contributed by atoms with Gasteiger partial charge in [0.1, 0.15) is 18.0 Å². The maximum absolute atomic E-state index is 13.5. The highest BCUT2D eigenvalue weighted by Gasteiger charge is 2.28. The molecule has 0 bridgehead atoms. The molecular weight excluding hydrogens is 417 g/mol. The van der Waals surface area contributed by atoms with Gasteiger partial charge in [0.25, 0.3) is 0 Å². The Kier molecular flexibility index (Phi) is 6.17. The van der Waals surface area contributed by atoms with Gasteiger partial charge in [0.05, 0.1) is 23.4 Å². The minimum atomic E-state index is -0.264.